The molecule has 0 aromatic carbocycles. The Kier molecular flexibility index (Phi) is 15.1. The van der Waals surface area contributed by atoms with Crippen molar-refractivity contribution in [1.82, 2.24) is 5.32 Å². The largest absolute Gasteiger partial charge is 0.316 e. The van der Waals surface area contributed by atoms with Gasteiger partial charge in [-0.15, -0.1) is 12.3 Å². The molecule has 0 spiro atoms. The SMILES string of the molecule is C#CCCNCCCCCCCCCCCC. The monoisotopic (exact) mass is 237 g/mol. The molecular formula is C16H31N. The van der Waals surface area contributed by atoms with Crippen LogP contribution in [0.5, 0.6) is 0 Å². The Balaban J connectivity index is 2.87. The third kappa shape index (κ3) is 15.5. The molecule has 1 N–H and O–H groups in total. The van der Waals surface area contributed by atoms with Crippen LogP contribution in [-0.2, 0) is 0 Å². The molecule has 0 aliphatic carbocycles. The molecule has 1 nitrogen and oxygen atoms in total. The summed E-state index contributed by atoms with van der Waals surface area (Å²) in [5, 5.41) is 3.37. The second kappa shape index (κ2) is 15.5. The first-order valence-electron chi connectivity index (χ1n) is 7.56. The van der Waals surface area contributed by atoms with Crippen molar-refractivity contribution >= 4 is 0 Å². The lowest BCUT2D eigenvalue weighted by molar-refractivity contribution is 0.545. The average Bonchev–Trinajstić information content (AvgIpc) is 2.35. The zero-order valence-corrected chi connectivity index (χ0v) is 11.8. The second-order valence-corrected chi connectivity index (χ2v) is 4.89. The first-order valence-corrected chi connectivity index (χ1v) is 7.56. The highest BCUT2D eigenvalue weighted by atomic mass is 14.8. The van der Waals surface area contributed by atoms with Crippen LogP contribution in [0.15, 0.2) is 0 Å². The fourth-order valence-corrected chi connectivity index (χ4v) is 2.02. The summed E-state index contributed by atoms with van der Waals surface area (Å²) >= 11 is 0. The molecule has 0 saturated heterocycles. The van der Waals surface area contributed by atoms with E-state index in [1.807, 2.05) is 0 Å². The quantitative estimate of drug-likeness (QED) is 0.367. The van der Waals surface area contributed by atoms with Crippen LogP contribution in [0.1, 0.15) is 77.6 Å². The van der Waals surface area contributed by atoms with Gasteiger partial charge >= 0.3 is 0 Å². The predicted molar refractivity (Wildman–Crippen MR) is 78.2 cm³/mol. The van der Waals surface area contributed by atoms with Gasteiger partial charge in [0.2, 0.25) is 0 Å². The minimum atomic E-state index is 0.859. The van der Waals surface area contributed by atoms with Crippen LogP contribution in [-0.4, -0.2) is 13.1 Å². The standard InChI is InChI=1S/C16H31N/c1-3-5-7-8-9-10-11-12-13-14-16-17-15-6-4-2/h2,17H,3,5-16H2,1H3. The van der Waals surface area contributed by atoms with Crippen molar-refractivity contribution in [3.05, 3.63) is 0 Å². The van der Waals surface area contributed by atoms with Crippen molar-refractivity contribution in [3.63, 3.8) is 0 Å². The van der Waals surface area contributed by atoms with Crippen molar-refractivity contribution < 1.29 is 0 Å². The molecule has 0 unspecified atom stereocenters. The number of unbranched alkanes of at least 4 members (excludes halogenated alkanes) is 9. The van der Waals surface area contributed by atoms with Gasteiger partial charge in [-0.3, -0.25) is 0 Å². The van der Waals surface area contributed by atoms with Crippen molar-refractivity contribution in [3.8, 4) is 12.3 Å². The van der Waals surface area contributed by atoms with Crippen molar-refractivity contribution in [2.24, 2.45) is 0 Å². The summed E-state index contributed by atoms with van der Waals surface area (Å²) < 4.78 is 0. The van der Waals surface area contributed by atoms with Gasteiger partial charge < -0.3 is 5.32 Å². The maximum Gasteiger partial charge on any atom is 0.0211 e. The number of nitrogens with one attached hydrogen (secondary N) is 1. The summed E-state index contributed by atoms with van der Waals surface area (Å²) in [6.45, 7) is 4.39. The molecule has 0 aliphatic heterocycles. The van der Waals surface area contributed by atoms with E-state index in [0.29, 0.717) is 0 Å². The minimum absolute atomic E-state index is 0.859. The molecule has 0 aliphatic rings. The smallest absolute Gasteiger partial charge is 0.0211 e. The van der Waals surface area contributed by atoms with E-state index in [9.17, 15) is 0 Å². The van der Waals surface area contributed by atoms with Crippen LogP contribution in [0.3, 0.4) is 0 Å². The molecule has 0 amide bonds. The summed E-state index contributed by atoms with van der Waals surface area (Å²) in [7, 11) is 0. The molecule has 0 radical (unpaired) electrons. The van der Waals surface area contributed by atoms with E-state index in [0.717, 1.165) is 19.5 Å². The van der Waals surface area contributed by atoms with Crippen molar-refractivity contribution in [2.75, 3.05) is 13.1 Å². The molecule has 0 fully saturated rings. The van der Waals surface area contributed by atoms with Crippen LogP contribution in [0.4, 0.5) is 0 Å². The fraction of sp³-hybridized carbons (Fsp3) is 0.875. The first-order chi connectivity index (χ1) is 8.41. The summed E-state index contributed by atoms with van der Waals surface area (Å²) in [6.07, 6.45) is 20.1. The molecule has 17 heavy (non-hydrogen) atoms. The van der Waals surface area contributed by atoms with E-state index in [4.69, 9.17) is 6.42 Å². The average molecular weight is 237 g/mol. The Morgan fingerprint density at radius 3 is 1.82 bits per heavy atom. The van der Waals surface area contributed by atoms with Crippen molar-refractivity contribution in [2.45, 2.75) is 77.6 Å². The summed E-state index contributed by atoms with van der Waals surface area (Å²) in [4.78, 5) is 0. The Labute approximate surface area is 109 Å². The minimum Gasteiger partial charge on any atom is -0.316 e. The lowest BCUT2D eigenvalue weighted by Gasteiger charge is -2.03. The maximum absolute atomic E-state index is 5.18. The van der Waals surface area contributed by atoms with Crippen LogP contribution in [0.2, 0.25) is 0 Å². The molecule has 1 heteroatoms. The van der Waals surface area contributed by atoms with Gasteiger partial charge in [0.05, 0.1) is 0 Å². The van der Waals surface area contributed by atoms with Gasteiger partial charge in [-0.1, -0.05) is 64.7 Å². The van der Waals surface area contributed by atoms with Crippen LogP contribution in [0.25, 0.3) is 0 Å². The Morgan fingerprint density at radius 2 is 1.29 bits per heavy atom. The van der Waals surface area contributed by atoms with Gasteiger partial charge in [-0.05, 0) is 13.0 Å². The van der Waals surface area contributed by atoms with E-state index in [1.165, 1.54) is 64.2 Å². The maximum atomic E-state index is 5.18. The van der Waals surface area contributed by atoms with Gasteiger partial charge in [-0.25, -0.2) is 0 Å². The highest BCUT2D eigenvalue weighted by molar-refractivity contribution is 4.83. The normalized spacial score (nSPS) is 10.4. The summed E-state index contributed by atoms with van der Waals surface area (Å²) in [5.74, 6) is 2.64. The Hall–Kier alpha value is -0.480. The van der Waals surface area contributed by atoms with Gasteiger partial charge in [-0.2, -0.15) is 0 Å². The van der Waals surface area contributed by atoms with E-state index >= 15 is 0 Å². The zero-order chi connectivity index (χ0) is 12.6. The molecule has 0 saturated carbocycles. The third-order valence-electron chi connectivity index (χ3n) is 3.15. The number of rotatable bonds is 13. The van der Waals surface area contributed by atoms with Crippen LogP contribution >= 0.6 is 0 Å². The van der Waals surface area contributed by atoms with Gasteiger partial charge in [0.1, 0.15) is 0 Å². The van der Waals surface area contributed by atoms with Gasteiger partial charge in [0.25, 0.3) is 0 Å². The molecule has 0 aromatic heterocycles. The van der Waals surface area contributed by atoms with E-state index < -0.39 is 0 Å². The molecule has 0 bridgehead atoms. The van der Waals surface area contributed by atoms with Gasteiger partial charge in [0.15, 0.2) is 0 Å². The van der Waals surface area contributed by atoms with Crippen LogP contribution in [0, 0.1) is 12.3 Å². The second-order valence-electron chi connectivity index (χ2n) is 4.89. The zero-order valence-electron chi connectivity index (χ0n) is 11.8. The third-order valence-corrected chi connectivity index (χ3v) is 3.15. The van der Waals surface area contributed by atoms with Crippen LogP contribution < -0.4 is 5.32 Å². The highest BCUT2D eigenvalue weighted by Crippen LogP contribution is 2.10. The number of hydrogen-bond acceptors (Lipinski definition) is 1. The van der Waals surface area contributed by atoms with E-state index in [2.05, 4.69) is 18.2 Å². The Morgan fingerprint density at radius 1 is 0.765 bits per heavy atom. The summed E-state index contributed by atoms with van der Waals surface area (Å²) in [6, 6.07) is 0. The van der Waals surface area contributed by atoms with E-state index in [1.54, 1.807) is 0 Å². The van der Waals surface area contributed by atoms with E-state index in [-0.39, 0.29) is 0 Å². The highest BCUT2D eigenvalue weighted by Gasteiger charge is 1.92. The number of terminal acetylenes is 1. The first kappa shape index (κ1) is 16.5. The fourth-order valence-electron chi connectivity index (χ4n) is 2.02. The lowest BCUT2D eigenvalue weighted by Crippen LogP contribution is -2.15. The molecule has 0 rings (SSSR count). The molecule has 0 heterocycles. The molecule has 100 valence electrons. The molecular weight excluding hydrogens is 206 g/mol. The molecule has 0 aromatic rings. The number of hydrogen-bond donors (Lipinski definition) is 1. The Bertz CT molecular complexity index is 169. The van der Waals surface area contributed by atoms with Crippen molar-refractivity contribution in [1.29, 1.82) is 0 Å². The predicted octanol–water partition coefficient (Wildman–Crippen LogP) is 4.52. The topological polar surface area (TPSA) is 12.0 Å². The summed E-state index contributed by atoms with van der Waals surface area (Å²) in [5.41, 5.74) is 0. The lowest BCUT2D eigenvalue weighted by atomic mass is 10.1. The van der Waals surface area contributed by atoms with Gasteiger partial charge in [0, 0.05) is 13.0 Å². The molecule has 0 atom stereocenters.